The van der Waals surface area contributed by atoms with Gasteiger partial charge in [-0.3, -0.25) is 4.79 Å². The van der Waals surface area contributed by atoms with Gasteiger partial charge in [-0.05, 0) is 55.6 Å². The van der Waals surface area contributed by atoms with E-state index in [4.69, 9.17) is 17.2 Å². The zero-order valence-electron chi connectivity index (χ0n) is 20.3. The molecule has 2 N–H and O–H groups in total. The SMILES string of the molecule is C=C(C)CNC(=S)N1CCC(c2nc(C(=O)Nc3ccccc3-c3ccc(CC)cc3)cs2)CC1. The number of thiocarbonyl (C=S) groups is 1. The third kappa shape index (κ3) is 6.35. The van der Waals surface area contributed by atoms with Crippen LogP contribution in [-0.4, -0.2) is 40.5 Å². The van der Waals surface area contributed by atoms with Crippen LogP contribution in [0.5, 0.6) is 0 Å². The largest absolute Gasteiger partial charge is 0.359 e. The molecule has 0 unspecified atom stereocenters. The van der Waals surface area contributed by atoms with Crippen LogP contribution in [0, 0.1) is 0 Å². The van der Waals surface area contributed by atoms with Crippen LogP contribution in [0.15, 0.2) is 66.1 Å². The molecule has 1 saturated heterocycles. The summed E-state index contributed by atoms with van der Waals surface area (Å²) < 4.78 is 0. The summed E-state index contributed by atoms with van der Waals surface area (Å²) in [6, 6.07) is 16.4. The summed E-state index contributed by atoms with van der Waals surface area (Å²) in [4.78, 5) is 20.0. The third-order valence-electron chi connectivity index (χ3n) is 6.28. The summed E-state index contributed by atoms with van der Waals surface area (Å²) in [5.41, 5.74) is 5.71. The summed E-state index contributed by atoms with van der Waals surface area (Å²) >= 11 is 7.09. The number of aromatic nitrogens is 1. The number of thiazole rings is 1. The number of amides is 1. The van der Waals surface area contributed by atoms with Crippen molar-refractivity contribution < 1.29 is 4.79 Å². The standard InChI is InChI=1S/C28H32N4OS2/c1-4-20-9-11-21(12-10-20)23-7-5-6-8-24(23)30-26(33)25-18-35-27(31-25)22-13-15-32(16-14-22)28(34)29-17-19(2)3/h5-12,18,22H,2,4,13-17H2,1,3H3,(H,29,34)(H,30,33). The molecule has 1 aliphatic rings. The highest BCUT2D eigenvalue weighted by molar-refractivity contribution is 7.80. The molecular weight excluding hydrogens is 472 g/mol. The molecule has 1 aromatic heterocycles. The Kier molecular flexibility index (Phi) is 8.31. The van der Waals surface area contributed by atoms with Crippen molar-refractivity contribution in [2.24, 2.45) is 0 Å². The van der Waals surface area contributed by atoms with Gasteiger partial charge in [-0.1, -0.05) is 61.5 Å². The number of rotatable bonds is 7. The fourth-order valence-corrected chi connectivity index (χ4v) is 5.42. The van der Waals surface area contributed by atoms with Crippen LogP contribution in [0.25, 0.3) is 11.1 Å². The summed E-state index contributed by atoms with van der Waals surface area (Å²) in [6.45, 7) is 10.5. The van der Waals surface area contributed by atoms with E-state index in [1.807, 2.05) is 36.6 Å². The third-order valence-corrected chi connectivity index (χ3v) is 7.69. The number of nitrogens with zero attached hydrogens (tertiary/aromatic N) is 2. The van der Waals surface area contributed by atoms with E-state index in [1.54, 1.807) is 11.3 Å². The van der Waals surface area contributed by atoms with Crippen LogP contribution < -0.4 is 10.6 Å². The fraction of sp³-hybridized carbons (Fsp3) is 0.321. The first-order valence-corrected chi connectivity index (χ1v) is 13.4. The first-order valence-electron chi connectivity index (χ1n) is 12.1. The number of carbonyl (C=O) groups is 1. The van der Waals surface area contributed by atoms with E-state index in [2.05, 4.69) is 53.3 Å². The molecule has 35 heavy (non-hydrogen) atoms. The molecule has 0 atom stereocenters. The lowest BCUT2D eigenvalue weighted by atomic mass is 9.98. The van der Waals surface area contributed by atoms with Crippen molar-refractivity contribution in [3.8, 4) is 11.1 Å². The Balaban J connectivity index is 1.38. The van der Waals surface area contributed by atoms with Crippen molar-refractivity contribution in [3.05, 3.63) is 82.3 Å². The monoisotopic (exact) mass is 504 g/mol. The normalized spacial score (nSPS) is 13.9. The van der Waals surface area contributed by atoms with Crippen LogP contribution in [0.4, 0.5) is 5.69 Å². The second kappa shape index (κ2) is 11.6. The zero-order valence-corrected chi connectivity index (χ0v) is 22.0. The quantitative estimate of drug-likeness (QED) is 0.294. The summed E-state index contributed by atoms with van der Waals surface area (Å²) in [5.74, 6) is 0.179. The number of carbonyl (C=O) groups excluding carboxylic acids is 1. The van der Waals surface area contributed by atoms with E-state index in [-0.39, 0.29) is 5.91 Å². The zero-order chi connectivity index (χ0) is 24.8. The number of aryl methyl sites for hydroxylation is 1. The Morgan fingerprint density at radius 2 is 1.89 bits per heavy atom. The Labute approximate surface area is 217 Å². The molecule has 1 aliphatic heterocycles. The lowest BCUT2D eigenvalue weighted by Gasteiger charge is -2.33. The predicted molar refractivity (Wildman–Crippen MR) is 150 cm³/mol. The number of nitrogens with one attached hydrogen (secondary N) is 2. The second-order valence-electron chi connectivity index (χ2n) is 9.00. The van der Waals surface area contributed by atoms with Crippen LogP contribution in [0.3, 0.4) is 0 Å². The average Bonchev–Trinajstić information content (AvgIpc) is 3.38. The van der Waals surface area contributed by atoms with Gasteiger partial charge in [-0.2, -0.15) is 0 Å². The Hall–Kier alpha value is -3.03. The summed E-state index contributed by atoms with van der Waals surface area (Å²) in [5, 5.41) is 10.0. The van der Waals surface area contributed by atoms with Crippen LogP contribution in [0.1, 0.15) is 53.7 Å². The van der Waals surface area contributed by atoms with Crippen molar-refractivity contribution in [3.63, 3.8) is 0 Å². The van der Waals surface area contributed by atoms with Gasteiger partial charge in [0.1, 0.15) is 5.69 Å². The minimum atomic E-state index is -0.173. The van der Waals surface area contributed by atoms with E-state index < -0.39 is 0 Å². The van der Waals surface area contributed by atoms with Gasteiger partial charge in [0, 0.05) is 42.2 Å². The van der Waals surface area contributed by atoms with Gasteiger partial charge >= 0.3 is 0 Å². The molecule has 0 radical (unpaired) electrons. The molecule has 1 fully saturated rings. The van der Waals surface area contributed by atoms with Gasteiger partial charge in [0.05, 0.1) is 5.01 Å². The van der Waals surface area contributed by atoms with Crippen molar-refractivity contribution in [2.75, 3.05) is 25.0 Å². The van der Waals surface area contributed by atoms with Crippen LogP contribution in [-0.2, 0) is 6.42 Å². The first kappa shape index (κ1) is 25.1. The number of likely N-dealkylation sites (tertiary alicyclic amines) is 1. The Morgan fingerprint density at radius 1 is 1.17 bits per heavy atom. The molecular formula is C28H32N4OS2. The lowest BCUT2D eigenvalue weighted by Crippen LogP contribution is -2.44. The van der Waals surface area contributed by atoms with E-state index in [0.29, 0.717) is 18.2 Å². The fourth-order valence-electron chi connectivity index (χ4n) is 4.20. The maximum absolute atomic E-state index is 13.1. The molecule has 7 heteroatoms. The molecule has 3 aromatic rings. The molecule has 0 saturated carbocycles. The van der Waals surface area contributed by atoms with E-state index in [9.17, 15) is 4.79 Å². The molecule has 0 spiro atoms. The average molecular weight is 505 g/mol. The van der Waals surface area contributed by atoms with E-state index in [1.165, 1.54) is 5.56 Å². The lowest BCUT2D eigenvalue weighted by molar-refractivity contribution is 0.102. The number of anilines is 1. The maximum Gasteiger partial charge on any atom is 0.275 e. The molecule has 0 aliphatic carbocycles. The van der Waals surface area contributed by atoms with Gasteiger partial charge in [0.15, 0.2) is 5.11 Å². The minimum absolute atomic E-state index is 0.173. The number of para-hydroxylation sites is 1. The number of benzene rings is 2. The van der Waals surface area contributed by atoms with Crippen molar-refractivity contribution >= 4 is 40.3 Å². The van der Waals surface area contributed by atoms with Crippen LogP contribution in [0.2, 0.25) is 0 Å². The highest BCUT2D eigenvalue weighted by Crippen LogP contribution is 2.32. The van der Waals surface area contributed by atoms with Crippen LogP contribution >= 0.6 is 23.6 Å². The highest BCUT2D eigenvalue weighted by atomic mass is 32.1. The summed E-state index contributed by atoms with van der Waals surface area (Å²) in [6.07, 6.45) is 2.95. The maximum atomic E-state index is 13.1. The second-order valence-corrected chi connectivity index (χ2v) is 10.3. The number of hydrogen-bond acceptors (Lipinski definition) is 4. The topological polar surface area (TPSA) is 57.3 Å². The first-order chi connectivity index (χ1) is 16.9. The molecule has 2 aromatic carbocycles. The molecule has 182 valence electrons. The van der Waals surface area contributed by atoms with E-state index >= 15 is 0 Å². The number of hydrogen-bond donors (Lipinski definition) is 2. The Bertz CT molecular complexity index is 1190. The highest BCUT2D eigenvalue weighted by Gasteiger charge is 2.25. The minimum Gasteiger partial charge on any atom is -0.359 e. The van der Waals surface area contributed by atoms with Gasteiger partial charge < -0.3 is 15.5 Å². The smallest absolute Gasteiger partial charge is 0.275 e. The van der Waals surface area contributed by atoms with Gasteiger partial charge in [-0.25, -0.2) is 4.98 Å². The summed E-state index contributed by atoms with van der Waals surface area (Å²) in [7, 11) is 0. The predicted octanol–water partition coefficient (Wildman–Crippen LogP) is 6.25. The Morgan fingerprint density at radius 3 is 2.57 bits per heavy atom. The number of piperidine rings is 1. The molecule has 5 nitrogen and oxygen atoms in total. The van der Waals surface area contributed by atoms with Crippen molar-refractivity contribution in [1.82, 2.24) is 15.2 Å². The van der Waals surface area contributed by atoms with Crippen molar-refractivity contribution in [2.45, 2.75) is 39.0 Å². The van der Waals surface area contributed by atoms with Gasteiger partial charge in [0.25, 0.3) is 5.91 Å². The molecule has 1 amide bonds. The van der Waals surface area contributed by atoms with Gasteiger partial charge in [-0.15, -0.1) is 11.3 Å². The van der Waals surface area contributed by atoms with Gasteiger partial charge in [0.2, 0.25) is 0 Å². The molecule has 2 heterocycles. The molecule has 0 bridgehead atoms. The molecule has 4 rings (SSSR count). The van der Waals surface area contributed by atoms with E-state index in [0.717, 1.165) is 64.9 Å². The van der Waals surface area contributed by atoms with Crippen molar-refractivity contribution in [1.29, 1.82) is 0 Å².